The van der Waals surface area contributed by atoms with Crippen molar-refractivity contribution in [2.45, 2.75) is 38.4 Å². The minimum absolute atomic E-state index is 0.0881. The van der Waals surface area contributed by atoms with Gasteiger partial charge in [-0.2, -0.15) is 10.4 Å². The molecule has 0 radical (unpaired) electrons. The van der Waals surface area contributed by atoms with Crippen molar-refractivity contribution in [3.05, 3.63) is 87.3 Å². The SMILES string of the molecule is N#Cc1cccc(C(=O)NC2CCc3nn(Cc4ccc(F)cc4)c(=O)n3CC2)c1. The molecule has 4 rings (SSSR count). The summed E-state index contributed by atoms with van der Waals surface area (Å²) >= 11 is 0. The number of aromatic nitrogens is 3. The molecular formula is C22H20FN5O2. The third-order valence-corrected chi connectivity index (χ3v) is 5.25. The van der Waals surface area contributed by atoms with Crippen molar-refractivity contribution in [2.24, 2.45) is 0 Å². The molecule has 1 N–H and O–H groups in total. The van der Waals surface area contributed by atoms with Crippen LogP contribution in [0, 0.1) is 17.1 Å². The van der Waals surface area contributed by atoms with Crippen molar-refractivity contribution < 1.29 is 9.18 Å². The number of nitrogens with one attached hydrogen (secondary N) is 1. The third kappa shape index (κ3) is 4.15. The molecule has 1 atom stereocenters. The van der Waals surface area contributed by atoms with E-state index in [2.05, 4.69) is 10.4 Å². The summed E-state index contributed by atoms with van der Waals surface area (Å²) in [5.41, 5.74) is 1.47. The smallest absolute Gasteiger partial charge is 0.346 e. The van der Waals surface area contributed by atoms with E-state index in [1.807, 2.05) is 6.07 Å². The number of carbonyl (C=O) groups excluding carboxylic acids is 1. The number of hydrogen-bond donors (Lipinski definition) is 1. The standard InChI is InChI=1S/C22H20FN5O2/c23-18-6-4-15(5-7-18)14-28-22(30)27-11-10-19(8-9-20(27)26-28)25-21(29)17-3-1-2-16(12-17)13-24/h1-7,12,19H,8-11,14H2,(H,25,29). The van der Waals surface area contributed by atoms with E-state index < -0.39 is 0 Å². The molecule has 0 spiro atoms. The van der Waals surface area contributed by atoms with E-state index in [1.54, 1.807) is 41.0 Å². The summed E-state index contributed by atoms with van der Waals surface area (Å²) in [4.78, 5) is 25.2. The molecule has 30 heavy (non-hydrogen) atoms. The molecule has 3 aromatic rings. The van der Waals surface area contributed by atoms with Crippen LogP contribution in [0.5, 0.6) is 0 Å². The van der Waals surface area contributed by atoms with Gasteiger partial charge in [0.1, 0.15) is 11.6 Å². The average Bonchev–Trinajstić information content (AvgIpc) is 2.92. The van der Waals surface area contributed by atoms with Gasteiger partial charge < -0.3 is 5.32 Å². The Morgan fingerprint density at radius 2 is 2.03 bits per heavy atom. The summed E-state index contributed by atoms with van der Waals surface area (Å²) in [5.74, 6) is 0.134. The van der Waals surface area contributed by atoms with Crippen molar-refractivity contribution in [2.75, 3.05) is 0 Å². The summed E-state index contributed by atoms with van der Waals surface area (Å²) in [5, 5.41) is 16.4. The molecule has 2 heterocycles. The molecule has 2 aromatic carbocycles. The molecule has 0 saturated heterocycles. The van der Waals surface area contributed by atoms with Crippen LogP contribution in [-0.4, -0.2) is 26.3 Å². The third-order valence-electron chi connectivity index (χ3n) is 5.25. The monoisotopic (exact) mass is 405 g/mol. The summed E-state index contributed by atoms with van der Waals surface area (Å²) in [7, 11) is 0. The first-order valence-corrected chi connectivity index (χ1v) is 9.75. The Balaban J connectivity index is 1.43. The van der Waals surface area contributed by atoms with Gasteiger partial charge in [-0.3, -0.25) is 9.36 Å². The number of nitrogens with zero attached hydrogens (tertiary/aromatic N) is 4. The molecule has 152 valence electrons. The predicted octanol–water partition coefficient (Wildman–Crippen LogP) is 2.24. The van der Waals surface area contributed by atoms with Crippen LogP contribution in [0.15, 0.2) is 53.3 Å². The summed E-state index contributed by atoms with van der Waals surface area (Å²) in [6.07, 6.45) is 1.84. The number of carbonyl (C=O) groups is 1. The van der Waals surface area contributed by atoms with Gasteiger partial charge in [0, 0.05) is 24.6 Å². The van der Waals surface area contributed by atoms with Crippen molar-refractivity contribution >= 4 is 5.91 Å². The predicted molar refractivity (Wildman–Crippen MR) is 107 cm³/mol. The zero-order chi connectivity index (χ0) is 21.1. The number of benzene rings is 2. The average molecular weight is 405 g/mol. The molecular weight excluding hydrogens is 385 g/mol. The van der Waals surface area contributed by atoms with Gasteiger partial charge in [-0.25, -0.2) is 13.9 Å². The highest BCUT2D eigenvalue weighted by Crippen LogP contribution is 2.14. The number of amides is 1. The Morgan fingerprint density at radius 3 is 2.80 bits per heavy atom. The Kier molecular flexibility index (Phi) is 5.44. The number of hydrogen-bond acceptors (Lipinski definition) is 4. The summed E-state index contributed by atoms with van der Waals surface area (Å²) in [6, 6.07) is 14.5. The van der Waals surface area contributed by atoms with Crippen LogP contribution in [0.2, 0.25) is 0 Å². The Labute approximate surface area is 172 Å². The number of rotatable bonds is 4. The first-order valence-electron chi connectivity index (χ1n) is 9.75. The van der Waals surface area contributed by atoms with Crippen LogP contribution in [0.25, 0.3) is 0 Å². The zero-order valence-electron chi connectivity index (χ0n) is 16.2. The Hall–Kier alpha value is -3.73. The molecule has 1 unspecified atom stereocenters. The second-order valence-electron chi connectivity index (χ2n) is 7.32. The van der Waals surface area contributed by atoms with Crippen molar-refractivity contribution in [1.29, 1.82) is 5.26 Å². The van der Waals surface area contributed by atoms with Gasteiger partial charge in [-0.1, -0.05) is 18.2 Å². The number of halogens is 1. The van der Waals surface area contributed by atoms with E-state index in [9.17, 15) is 14.0 Å². The maximum Gasteiger partial charge on any atom is 0.346 e. The largest absolute Gasteiger partial charge is 0.349 e. The van der Waals surface area contributed by atoms with Crippen LogP contribution in [0.3, 0.4) is 0 Å². The van der Waals surface area contributed by atoms with E-state index in [0.717, 1.165) is 5.56 Å². The maximum atomic E-state index is 13.1. The molecule has 7 nitrogen and oxygen atoms in total. The minimum Gasteiger partial charge on any atom is -0.349 e. The molecule has 1 aromatic heterocycles. The number of fused-ring (bicyclic) bond motifs is 1. The lowest BCUT2D eigenvalue weighted by Crippen LogP contribution is -2.35. The second-order valence-corrected chi connectivity index (χ2v) is 7.32. The molecule has 0 aliphatic carbocycles. The van der Waals surface area contributed by atoms with E-state index in [4.69, 9.17) is 5.26 Å². The van der Waals surface area contributed by atoms with Gasteiger partial charge in [0.05, 0.1) is 18.2 Å². The van der Waals surface area contributed by atoms with Crippen molar-refractivity contribution in [1.82, 2.24) is 19.7 Å². The maximum absolute atomic E-state index is 13.1. The van der Waals surface area contributed by atoms with E-state index >= 15 is 0 Å². The summed E-state index contributed by atoms with van der Waals surface area (Å²) < 4.78 is 16.1. The van der Waals surface area contributed by atoms with Gasteiger partial charge in [0.2, 0.25) is 0 Å². The highest BCUT2D eigenvalue weighted by molar-refractivity contribution is 5.94. The fourth-order valence-electron chi connectivity index (χ4n) is 3.64. The van der Waals surface area contributed by atoms with E-state index in [0.29, 0.717) is 42.8 Å². The first kappa shape index (κ1) is 19.6. The van der Waals surface area contributed by atoms with Crippen molar-refractivity contribution in [3.8, 4) is 6.07 Å². The normalized spacial score (nSPS) is 15.7. The molecule has 1 amide bonds. The van der Waals surface area contributed by atoms with Gasteiger partial charge >= 0.3 is 5.69 Å². The second kappa shape index (κ2) is 8.33. The number of nitriles is 1. The lowest BCUT2D eigenvalue weighted by Gasteiger charge is -2.16. The minimum atomic E-state index is -0.320. The molecule has 8 heteroatoms. The van der Waals surface area contributed by atoms with Crippen LogP contribution < -0.4 is 11.0 Å². The van der Waals surface area contributed by atoms with E-state index in [1.165, 1.54) is 16.8 Å². The molecule has 0 fully saturated rings. The molecule has 1 aliphatic rings. The first-order chi connectivity index (χ1) is 14.5. The zero-order valence-corrected chi connectivity index (χ0v) is 16.2. The summed E-state index contributed by atoms with van der Waals surface area (Å²) in [6.45, 7) is 0.745. The van der Waals surface area contributed by atoms with Crippen LogP contribution in [0.1, 0.15) is 40.2 Å². The number of aryl methyl sites for hydroxylation is 1. The molecule has 0 saturated carbocycles. The van der Waals surface area contributed by atoms with Crippen LogP contribution >= 0.6 is 0 Å². The van der Waals surface area contributed by atoms with Gasteiger partial charge in [0.15, 0.2) is 0 Å². The highest BCUT2D eigenvalue weighted by Gasteiger charge is 2.22. The highest BCUT2D eigenvalue weighted by atomic mass is 19.1. The van der Waals surface area contributed by atoms with Crippen LogP contribution in [-0.2, 0) is 19.5 Å². The Bertz CT molecular complexity index is 1170. The fourth-order valence-corrected chi connectivity index (χ4v) is 3.64. The van der Waals surface area contributed by atoms with Crippen molar-refractivity contribution in [3.63, 3.8) is 0 Å². The molecule has 0 bridgehead atoms. The topological polar surface area (TPSA) is 92.7 Å². The lowest BCUT2D eigenvalue weighted by molar-refractivity contribution is 0.0933. The lowest BCUT2D eigenvalue weighted by atomic mass is 10.1. The van der Waals surface area contributed by atoms with Gasteiger partial charge in [0.25, 0.3) is 5.91 Å². The Morgan fingerprint density at radius 1 is 1.23 bits per heavy atom. The van der Waals surface area contributed by atoms with E-state index in [-0.39, 0.29) is 30.0 Å². The van der Waals surface area contributed by atoms with Crippen LogP contribution in [0.4, 0.5) is 4.39 Å². The fraction of sp³-hybridized carbons (Fsp3) is 0.273. The molecule has 1 aliphatic heterocycles. The van der Waals surface area contributed by atoms with Gasteiger partial charge in [-0.15, -0.1) is 0 Å². The van der Waals surface area contributed by atoms with Gasteiger partial charge in [-0.05, 0) is 48.7 Å². The quantitative estimate of drug-likeness (QED) is 0.721.